The molecule has 0 saturated heterocycles. The van der Waals surface area contributed by atoms with E-state index in [9.17, 15) is 17.6 Å². The topological polar surface area (TPSA) is 81.7 Å². The van der Waals surface area contributed by atoms with E-state index >= 15 is 0 Å². The molecule has 0 spiro atoms. The van der Waals surface area contributed by atoms with Gasteiger partial charge in [0.2, 0.25) is 5.91 Å². The van der Waals surface area contributed by atoms with Crippen molar-refractivity contribution in [2.45, 2.75) is 17.2 Å². The van der Waals surface area contributed by atoms with Crippen molar-refractivity contribution in [1.82, 2.24) is 4.72 Å². The number of halogens is 1. The zero-order valence-electron chi connectivity index (χ0n) is 13.6. The number of nitrogens with one attached hydrogen (secondary N) is 1. The summed E-state index contributed by atoms with van der Waals surface area (Å²) < 4.78 is 50.8. The van der Waals surface area contributed by atoms with Crippen molar-refractivity contribution in [1.29, 1.82) is 0 Å². The van der Waals surface area contributed by atoms with Crippen LogP contribution in [0.4, 0.5) is 4.39 Å². The zero-order chi connectivity index (χ0) is 18.3. The standard InChI is InChI=1S/C18H16FNO5S/c19-12-3-1-11(2-4-12)14-10-15(14)18(21)20-26(22,23)13-5-6-16-17(9-13)25-8-7-24-16/h1-6,9,14-15H,7-8,10H2,(H,20,21). The van der Waals surface area contributed by atoms with Gasteiger partial charge in [0.1, 0.15) is 19.0 Å². The fraction of sp³-hybridized carbons (Fsp3) is 0.278. The maximum Gasteiger partial charge on any atom is 0.264 e. The van der Waals surface area contributed by atoms with Gasteiger partial charge in [0, 0.05) is 12.0 Å². The molecule has 0 aromatic heterocycles. The van der Waals surface area contributed by atoms with Gasteiger partial charge in [-0.2, -0.15) is 0 Å². The molecule has 0 radical (unpaired) electrons. The van der Waals surface area contributed by atoms with E-state index in [4.69, 9.17) is 9.47 Å². The minimum atomic E-state index is -4.01. The summed E-state index contributed by atoms with van der Waals surface area (Å²) in [7, 11) is -4.01. The van der Waals surface area contributed by atoms with Crippen molar-refractivity contribution in [3.63, 3.8) is 0 Å². The molecule has 1 amide bonds. The van der Waals surface area contributed by atoms with E-state index in [-0.39, 0.29) is 16.6 Å². The largest absolute Gasteiger partial charge is 0.486 e. The lowest BCUT2D eigenvalue weighted by atomic mass is 10.1. The molecule has 136 valence electrons. The van der Waals surface area contributed by atoms with E-state index in [1.807, 2.05) is 0 Å². The van der Waals surface area contributed by atoms with Crippen LogP contribution in [0.5, 0.6) is 11.5 Å². The van der Waals surface area contributed by atoms with Gasteiger partial charge in [-0.05, 0) is 42.2 Å². The highest BCUT2D eigenvalue weighted by Gasteiger charge is 2.45. The molecule has 1 aliphatic heterocycles. The first-order chi connectivity index (χ1) is 12.4. The third-order valence-corrected chi connectivity index (χ3v) is 5.83. The molecule has 6 nitrogen and oxygen atoms in total. The Morgan fingerprint density at radius 3 is 2.46 bits per heavy atom. The van der Waals surface area contributed by atoms with Crippen LogP contribution in [0.1, 0.15) is 17.9 Å². The van der Waals surface area contributed by atoms with E-state index in [0.717, 1.165) is 5.56 Å². The van der Waals surface area contributed by atoms with Gasteiger partial charge in [-0.1, -0.05) is 12.1 Å². The van der Waals surface area contributed by atoms with Crippen LogP contribution in [0.3, 0.4) is 0 Å². The Hall–Kier alpha value is -2.61. The molecular formula is C18H16FNO5S. The lowest BCUT2D eigenvalue weighted by Gasteiger charge is -2.18. The van der Waals surface area contributed by atoms with Gasteiger partial charge in [-0.25, -0.2) is 17.5 Å². The number of carbonyl (C=O) groups excluding carboxylic acids is 1. The third-order valence-electron chi connectivity index (χ3n) is 4.48. The number of rotatable bonds is 4. The maximum absolute atomic E-state index is 13.0. The summed E-state index contributed by atoms with van der Waals surface area (Å²) in [6.07, 6.45) is 0.536. The Kier molecular flexibility index (Phi) is 4.07. The SMILES string of the molecule is O=C(NS(=O)(=O)c1ccc2c(c1)OCCO2)C1CC1c1ccc(F)cc1. The van der Waals surface area contributed by atoms with Crippen LogP contribution in [-0.4, -0.2) is 27.5 Å². The van der Waals surface area contributed by atoms with E-state index in [2.05, 4.69) is 4.72 Å². The number of fused-ring (bicyclic) bond motifs is 1. The fourth-order valence-electron chi connectivity index (χ4n) is 3.02. The summed E-state index contributed by atoms with van der Waals surface area (Å²) in [6.45, 7) is 0.743. The number of amides is 1. The predicted molar refractivity (Wildman–Crippen MR) is 90.0 cm³/mol. The summed E-state index contributed by atoms with van der Waals surface area (Å²) in [4.78, 5) is 12.3. The summed E-state index contributed by atoms with van der Waals surface area (Å²) in [5.74, 6) is -0.633. The molecule has 0 bridgehead atoms. The maximum atomic E-state index is 13.0. The molecule has 1 fully saturated rings. The van der Waals surface area contributed by atoms with Gasteiger partial charge in [0.25, 0.3) is 10.0 Å². The summed E-state index contributed by atoms with van der Waals surface area (Å²) in [5.41, 5.74) is 0.822. The molecule has 4 rings (SSSR count). The first-order valence-corrected chi connectivity index (χ1v) is 9.64. The average Bonchev–Trinajstić information content (AvgIpc) is 3.42. The quantitative estimate of drug-likeness (QED) is 0.883. The molecule has 2 aromatic rings. The summed E-state index contributed by atoms with van der Waals surface area (Å²) in [6, 6.07) is 10.1. The molecule has 26 heavy (non-hydrogen) atoms. The van der Waals surface area contributed by atoms with Crippen LogP contribution in [0.25, 0.3) is 0 Å². The van der Waals surface area contributed by atoms with Gasteiger partial charge < -0.3 is 9.47 Å². The van der Waals surface area contributed by atoms with E-state index in [0.29, 0.717) is 31.1 Å². The van der Waals surface area contributed by atoms with Crippen LogP contribution in [-0.2, 0) is 14.8 Å². The average molecular weight is 377 g/mol. The van der Waals surface area contributed by atoms with Gasteiger partial charge in [-0.3, -0.25) is 4.79 Å². The number of carbonyl (C=O) groups is 1. The first-order valence-electron chi connectivity index (χ1n) is 8.16. The van der Waals surface area contributed by atoms with Gasteiger partial charge >= 0.3 is 0 Å². The van der Waals surface area contributed by atoms with E-state index in [1.54, 1.807) is 12.1 Å². The van der Waals surface area contributed by atoms with Crippen molar-refractivity contribution in [3.8, 4) is 11.5 Å². The van der Waals surface area contributed by atoms with Crippen LogP contribution < -0.4 is 14.2 Å². The molecule has 2 aliphatic rings. The molecule has 2 aromatic carbocycles. The van der Waals surface area contributed by atoms with E-state index < -0.39 is 21.8 Å². The minimum Gasteiger partial charge on any atom is -0.486 e. The summed E-state index contributed by atoms with van der Waals surface area (Å²) in [5, 5.41) is 0. The molecule has 1 heterocycles. The van der Waals surface area contributed by atoms with Gasteiger partial charge in [0.05, 0.1) is 4.90 Å². The highest BCUT2D eigenvalue weighted by molar-refractivity contribution is 7.90. The zero-order valence-corrected chi connectivity index (χ0v) is 14.5. The first kappa shape index (κ1) is 16.8. The van der Waals surface area contributed by atoms with Crippen LogP contribution in [0.2, 0.25) is 0 Å². The van der Waals surface area contributed by atoms with Crippen LogP contribution >= 0.6 is 0 Å². The second-order valence-electron chi connectivity index (χ2n) is 6.28. The minimum absolute atomic E-state index is 0.0610. The smallest absolute Gasteiger partial charge is 0.264 e. The number of hydrogen-bond donors (Lipinski definition) is 1. The highest BCUT2D eigenvalue weighted by Crippen LogP contribution is 2.47. The molecule has 2 atom stereocenters. The molecule has 1 saturated carbocycles. The van der Waals surface area contributed by atoms with E-state index in [1.165, 1.54) is 30.3 Å². The second kappa shape index (κ2) is 6.28. The Labute approximate surface area is 150 Å². The van der Waals surface area contributed by atoms with Crippen molar-refractivity contribution in [2.75, 3.05) is 13.2 Å². The Balaban J connectivity index is 1.46. The monoisotopic (exact) mass is 377 g/mol. The Bertz CT molecular complexity index is 958. The van der Waals surface area contributed by atoms with Crippen LogP contribution in [0.15, 0.2) is 47.4 Å². The molecule has 1 N–H and O–H groups in total. The van der Waals surface area contributed by atoms with Crippen molar-refractivity contribution in [2.24, 2.45) is 5.92 Å². The molecular weight excluding hydrogens is 361 g/mol. The lowest BCUT2D eigenvalue weighted by molar-refractivity contribution is -0.120. The van der Waals surface area contributed by atoms with Crippen LogP contribution in [0, 0.1) is 11.7 Å². The number of ether oxygens (including phenoxy) is 2. The normalized spacial score (nSPS) is 21.1. The predicted octanol–water partition coefficient (Wildman–Crippen LogP) is 2.21. The van der Waals surface area contributed by atoms with Crippen molar-refractivity contribution in [3.05, 3.63) is 53.8 Å². The highest BCUT2D eigenvalue weighted by atomic mass is 32.2. The summed E-state index contributed by atoms with van der Waals surface area (Å²) >= 11 is 0. The Morgan fingerprint density at radius 1 is 1.04 bits per heavy atom. The molecule has 2 unspecified atom stereocenters. The number of sulfonamides is 1. The van der Waals surface area contributed by atoms with Crippen molar-refractivity contribution >= 4 is 15.9 Å². The fourth-order valence-corrected chi connectivity index (χ4v) is 4.06. The molecule has 8 heteroatoms. The second-order valence-corrected chi connectivity index (χ2v) is 7.96. The lowest BCUT2D eigenvalue weighted by Crippen LogP contribution is -2.32. The Morgan fingerprint density at radius 2 is 1.73 bits per heavy atom. The van der Waals surface area contributed by atoms with Gasteiger partial charge in [-0.15, -0.1) is 0 Å². The van der Waals surface area contributed by atoms with Crippen molar-refractivity contribution < 1.29 is 27.1 Å². The number of benzene rings is 2. The third kappa shape index (κ3) is 3.24. The number of hydrogen-bond acceptors (Lipinski definition) is 5. The van der Waals surface area contributed by atoms with Gasteiger partial charge in [0.15, 0.2) is 11.5 Å². The molecule has 1 aliphatic carbocycles.